The second-order valence-electron chi connectivity index (χ2n) is 7.40. The zero-order chi connectivity index (χ0) is 16.4. The summed E-state index contributed by atoms with van der Waals surface area (Å²) >= 11 is 0. The van der Waals surface area contributed by atoms with E-state index in [9.17, 15) is 4.79 Å². The van der Waals surface area contributed by atoms with Crippen LogP contribution in [0.25, 0.3) is 0 Å². The SMILES string of the molecule is Cc1cc(C(=O)N2CCCN(C)CC2)c(C)n1C1CCCCC1. The molecular formula is C19H31N3O. The first kappa shape index (κ1) is 16.6. The van der Waals surface area contributed by atoms with Gasteiger partial charge in [0.1, 0.15) is 0 Å². The van der Waals surface area contributed by atoms with Crippen molar-refractivity contribution in [3.63, 3.8) is 0 Å². The third-order valence-electron chi connectivity index (χ3n) is 5.66. The number of rotatable bonds is 2. The first-order chi connectivity index (χ1) is 11.1. The first-order valence-corrected chi connectivity index (χ1v) is 9.24. The number of carbonyl (C=O) groups excluding carboxylic acids is 1. The minimum atomic E-state index is 0.232. The number of carbonyl (C=O) groups is 1. The first-order valence-electron chi connectivity index (χ1n) is 9.24. The van der Waals surface area contributed by atoms with Crippen molar-refractivity contribution < 1.29 is 4.79 Å². The van der Waals surface area contributed by atoms with Crippen LogP contribution < -0.4 is 0 Å². The molecule has 0 atom stereocenters. The standard InChI is InChI=1S/C19H31N3O/c1-15-14-18(16(2)22(15)17-8-5-4-6-9-17)19(23)21-11-7-10-20(3)12-13-21/h14,17H,4-13H2,1-3H3. The molecule has 4 heteroatoms. The van der Waals surface area contributed by atoms with Gasteiger partial charge in [-0.3, -0.25) is 4.79 Å². The average molecular weight is 317 g/mol. The Morgan fingerprint density at radius 3 is 2.48 bits per heavy atom. The Morgan fingerprint density at radius 2 is 1.74 bits per heavy atom. The van der Waals surface area contributed by atoms with Gasteiger partial charge in [0, 0.05) is 37.1 Å². The molecule has 1 aliphatic carbocycles. The Balaban J connectivity index is 1.81. The van der Waals surface area contributed by atoms with Crippen LogP contribution in [0.2, 0.25) is 0 Å². The van der Waals surface area contributed by atoms with E-state index in [4.69, 9.17) is 0 Å². The molecule has 2 fully saturated rings. The molecule has 1 aromatic rings. The molecule has 0 unspecified atom stereocenters. The van der Waals surface area contributed by atoms with Crippen LogP contribution in [0.5, 0.6) is 0 Å². The van der Waals surface area contributed by atoms with E-state index >= 15 is 0 Å². The number of nitrogens with zero attached hydrogens (tertiary/aromatic N) is 3. The maximum Gasteiger partial charge on any atom is 0.255 e. The molecule has 4 nitrogen and oxygen atoms in total. The molecule has 1 amide bonds. The summed E-state index contributed by atoms with van der Waals surface area (Å²) in [4.78, 5) is 17.4. The van der Waals surface area contributed by atoms with E-state index < -0.39 is 0 Å². The normalized spacial score (nSPS) is 21.4. The topological polar surface area (TPSA) is 28.5 Å². The second-order valence-corrected chi connectivity index (χ2v) is 7.40. The highest BCUT2D eigenvalue weighted by atomic mass is 16.2. The van der Waals surface area contributed by atoms with Crippen LogP contribution in [-0.2, 0) is 0 Å². The van der Waals surface area contributed by atoms with Crippen molar-refractivity contribution >= 4 is 5.91 Å². The summed E-state index contributed by atoms with van der Waals surface area (Å²) in [5, 5.41) is 0. The van der Waals surface area contributed by atoms with Gasteiger partial charge >= 0.3 is 0 Å². The van der Waals surface area contributed by atoms with Crippen molar-refractivity contribution in [2.75, 3.05) is 33.2 Å². The van der Waals surface area contributed by atoms with E-state index in [2.05, 4.69) is 41.3 Å². The van der Waals surface area contributed by atoms with Gasteiger partial charge in [0.25, 0.3) is 5.91 Å². The zero-order valence-electron chi connectivity index (χ0n) is 15.0. The van der Waals surface area contributed by atoms with Crippen molar-refractivity contribution in [3.05, 3.63) is 23.0 Å². The van der Waals surface area contributed by atoms with Gasteiger partial charge in [-0.1, -0.05) is 19.3 Å². The summed E-state index contributed by atoms with van der Waals surface area (Å²) in [5.74, 6) is 0.232. The maximum absolute atomic E-state index is 13.0. The molecule has 2 heterocycles. The third-order valence-corrected chi connectivity index (χ3v) is 5.66. The van der Waals surface area contributed by atoms with E-state index in [1.165, 1.54) is 43.5 Å². The summed E-state index contributed by atoms with van der Waals surface area (Å²) < 4.78 is 2.44. The van der Waals surface area contributed by atoms with Crippen molar-refractivity contribution in [1.29, 1.82) is 0 Å². The maximum atomic E-state index is 13.0. The summed E-state index contributed by atoms with van der Waals surface area (Å²) in [6.07, 6.45) is 7.61. The molecule has 0 spiro atoms. The van der Waals surface area contributed by atoms with Gasteiger partial charge in [-0.25, -0.2) is 0 Å². The largest absolute Gasteiger partial charge is 0.345 e. The Labute approximate surface area is 140 Å². The number of aromatic nitrogens is 1. The zero-order valence-corrected chi connectivity index (χ0v) is 15.0. The third kappa shape index (κ3) is 3.47. The lowest BCUT2D eigenvalue weighted by atomic mass is 9.95. The monoisotopic (exact) mass is 317 g/mol. The van der Waals surface area contributed by atoms with Crippen molar-refractivity contribution in [1.82, 2.24) is 14.4 Å². The molecule has 1 aliphatic heterocycles. The minimum absolute atomic E-state index is 0.232. The molecule has 1 saturated carbocycles. The van der Waals surface area contributed by atoms with Crippen LogP contribution in [0.15, 0.2) is 6.07 Å². The van der Waals surface area contributed by atoms with Gasteiger partial charge in [0.15, 0.2) is 0 Å². The summed E-state index contributed by atoms with van der Waals surface area (Å²) in [7, 11) is 2.14. The highest BCUT2D eigenvalue weighted by Gasteiger charge is 2.26. The number of likely N-dealkylation sites (N-methyl/N-ethyl adjacent to an activating group) is 1. The second kappa shape index (κ2) is 7.08. The molecule has 0 bridgehead atoms. The molecule has 3 rings (SSSR count). The lowest BCUT2D eigenvalue weighted by Crippen LogP contribution is -2.34. The van der Waals surface area contributed by atoms with Crippen molar-refractivity contribution in [3.8, 4) is 0 Å². The molecule has 2 aliphatic rings. The quantitative estimate of drug-likeness (QED) is 0.836. The predicted octanol–water partition coefficient (Wildman–Crippen LogP) is 3.39. The molecule has 1 saturated heterocycles. The van der Waals surface area contributed by atoms with Crippen LogP contribution in [0, 0.1) is 13.8 Å². The van der Waals surface area contributed by atoms with Gasteiger partial charge in [0.2, 0.25) is 0 Å². The lowest BCUT2D eigenvalue weighted by molar-refractivity contribution is 0.0762. The minimum Gasteiger partial charge on any atom is -0.345 e. The molecule has 128 valence electrons. The molecular weight excluding hydrogens is 286 g/mol. The smallest absolute Gasteiger partial charge is 0.255 e. The predicted molar refractivity (Wildman–Crippen MR) is 94.0 cm³/mol. The Hall–Kier alpha value is -1.29. The molecule has 0 aromatic carbocycles. The molecule has 23 heavy (non-hydrogen) atoms. The highest BCUT2D eigenvalue weighted by molar-refractivity contribution is 5.95. The van der Waals surface area contributed by atoms with Crippen LogP contribution in [-0.4, -0.2) is 53.5 Å². The summed E-state index contributed by atoms with van der Waals surface area (Å²) in [5.41, 5.74) is 3.36. The van der Waals surface area contributed by atoms with E-state index in [1.807, 2.05) is 0 Å². The number of hydrogen-bond acceptors (Lipinski definition) is 2. The van der Waals surface area contributed by atoms with Gasteiger partial charge in [-0.15, -0.1) is 0 Å². The fraction of sp³-hybridized carbons (Fsp3) is 0.737. The van der Waals surface area contributed by atoms with Gasteiger partial charge in [-0.2, -0.15) is 0 Å². The fourth-order valence-electron chi connectivity index (χ4n) is 4.31. The highest BCUT2D eigenvalue weighted by Crippen LogP contribution is 2.32. The number of amides is 1. The van der Waals surface area contributed by atoms with Crippen LogP contribution in [0.4, 0.5) is 0 Å². The van der Waals surface area contributed by atoms with Crippen LogP contribution in [0.1, 0.15) is 66.3 Å². The van der Waals surface area contributed by atoms with Crippen LogP contribution >= 0.6 is 0 Å². The molecule has 0 N–H and O–H groups in total. The molecule has 0 radical (unpaired) electrons. The summed E-state index contributed by atoms with van der Waals surface area (Å²) in [6, 6.07) is 2.72. The van der Waals surface area contributed by atoms with E-state index in [1.54, 1.807) is 0 Å². The summed E-state index contributed by atoms with van der Waals surface area (Å²) in [6.45, 7) is 8.10. The van der Waals surface area contributed by atoms with E-state index in [-0.39, 0.29) is 5.91 Å². The average Bonchev–Trinajstić information content (AvgIpc) is 2.71. The van der Waals surface area contributed by atoms with E-state index in [0.29, 0.717) is 6.04 Å². The lowest BCUT2D eigenvalue weighted by Gasteiger charge is -2.27. The van der Waals surface area contributed by atoms with Gasteiger partial charge in [0.05, 0.1) is 5.56 Å². The van der Waals surface area contributed by atoms with Gasteiger partial charge < -0.3 is 14.4 Å². The van der Waals surface area contributed by atoms with Crippen molar-refractivity contribution in [2.45, 2.75) is 58.4 Å². The van der Waals surface area contributed by atoms with E-state index in [0.717, 1.165) is 38.2 Å². The van der Waals surface area contributed by atoms with Gasteiger partial charge in [-0.05, 0) is 52.8 Å². The Bertz CT molecular complexity index is 557. The Morgan fingerprint density at radius 1 is 1.00 bits per heavy atom. The van der Waals surface area contributed by atoms with Crippen molar-refractivity contribution in [2.24, 2.45) is 0 Å². The Kier molecular flexibility index (Phi) is 5.10. The fourth-order valence-corrected chi connectivity index (χ4v) is 4.31. The molecule has 1 aromatic heterocycles. The number of hydrogen-bond donors (Lipinski definition) is 0. The number of aryl methyl sites for hydroxylation is 1. The van der Waals surface area contributed by atoms with Crippen LogP contribution in [0.3, 0.4) is 0 Å².